The Morgan fingerprint density at radius 2 is 1.05 bits per heavy atom. The normalized spacial score (nSPS) is 10.7. The molecule has 0 saturated heterocycles. The molecule has 12 heteroatoms. The van der Waals surface area contributed by atoms with E-state index in [2.05, 4.69) is 9.97 Å². The van der Waals surface area contributed by atoms with E-state index in [1.165, 1.54) is 22.2 Å². The predicted octanol–water partition coefficient (Wildman–Crippen LogP) is 0.837. The van der Waals surface area contributed by atoms with Crippen LogP contribution in [0.3, 0.4) is 0 Å². The highest BCUT2D eigenvalue weighted by molar-refractivity contribution is 6.59. The SMILES string of the molecule is CCN(C(=O)c1ccnc(-c2cc(C(=O)N(CC)c3cccc(B(O)O)c3)ccn2)c1)c1cccc(B(O)O)c1. The van der Waals surface area contributed by atoms with Gasteiger partial charge in [0, 0.05) is 48.0 Å². The summed E-state index contributed by atoms with van der Waals surface area (Å²) < 4.78 is 0. The van der Waals surface area contributed by atoms with E-state index in [1.807, 2.05) is 13.8 Å². The van der Waals surface area contributed by atoms with Crippen molar-refractivity contribution in [2.45, 2.75) is 13.8 Å². The van der Waals surface area contributed by atoms with Crippen LogP contribution in [-0.2, 0) is 0 Å². The van der Waals surface area contributed by atoms with Gasteiger partial charge in [0.1, 0.15) is 0 Å². The van der Waals surface area contributed by atoms with Crippen LogP contribution in [0, 0.1) is 0 Å². The third-order valence-electron chi connectivity index (χ3n) is 6.36. The molecule has 2 amide bonds. The van der Waals surface area contributed by atoms with Gasteiger partial charge in [0.15, 0.2) is 0 Å². The summed E-state index contributed by atoms with van der Waals surface area (Å²) in [6.45, 7) is 4.31. The van der Waals surface area contributed by atoms with Crippen molar-refractivity contribution < 1.29 is 29.7 Å². The quantitative estimate of drug-likeness (QED) is 0.230. The third kappa shape index (κ3) is 6.27. The summed E-state index contributed by atoms with van der Waals surface area (Å²) >= 11 is 0. The Morgan fingerprint density at radius 3 is 1.40 bits per heavy atom. The van der Waals surface area contributed by atoms with Crippen molar-refractivity contribution in [3.05, 3.63) is 96.3 Å². The Hall–Kier alpha value is -4.35. The van der Waals surface area contributed by atoms with Gasteiger partial charge in [-0.15, -0.1) is 0 Å². The molecule has 4 aromatic rings. The molecule has 0 fully saturated rings. The summed E-state index contributed by atoms with van der Waals surface area (Å²) in [7, 11) is -3.31. The molecular weight excluding hydrogens is 510 g/mol. The smallest absolute Gasteiger partial charge is 0.423 e. The van der Waals surface area contributed by atoms with Crippen molar-refractivity contribution in [2.75, 3.05) is 22.9 Å². The molecule has 10 nitrogen and oxygen atoms in total. The summed E-state index contributed by atoms with van der Waals surface area (Å²) in [5.74, 6) is -0.628. The van der Waals surface area contributed by atoms with Gasteiger partial charge >= 0.3 is 14.2 Å². The van der Waals surface area contributed by atoms with E-state index in [1.54, 1.807) is 72.8 Å². The zero-order chi connectivity index (χ0) is 28.8. The topological polar surface area (TPSA) is 147 Å². The lowest BCUT2D eigenvalue weighted by molar-refractivity contribution is 0.0980. The van der Waals surface area contributed by atoms with Gasteiger partial charge in [-0.25, -0.2) is 0 Å². The number of benzene rings is 2. The van der Waals surface area contributed by atoms with E-state index in [0.29, 0.717) is 47.0 Å². The molecule has 4 rings (SSSR count). The van der Waals surface area contributed by atoms with Gasteiger partial charge in [-0.2, -0.15) is 0 Å². The molecule has 40 heavy (non-hydrogen) atoms. The Kier molecular flexibility index (Phi) is 9.07. The van der Waals surface area contributed by atoms with Gasteiger partial charge in [0.2, 0.25) is 0 Å². The maximum atomic E-state index is 13.4. The van der Waals surface area contributed by atoms with E-state index in [4.69, 9.17) is 0 Å². The summed E-state index contributed by atoms with van der Waals surface area (Å²) in [6, 6.07) is 19.3. The van der Waals surface area contributed by atoms with Crippen LogP contribution < -0.4 is 20.7 Å². The molecule has 0 aliphatic carbocycles. The highest BCUT2D eigenvalue weighted by Gasteiger charge is 2.22. The number of carbonyl (C=O) groups is 2. The summed E-state index contributed by atoms with van der Waals surface area (Å²) in [5.41, 5.74) is 3.04. The number of hydrogen-bond donors (Lipinski definition) is 4. The van der Waals surface area contributed by atoms with Crippen LogP contribution in [0.1, 0.15) is 34.6 Å². The second kappa shape index (κ2) is 12.7. The van der Waals surface area contributed by atoms with Gasteiger partial charge in [-0.05, 0) is 73.3 Å². The molecule has 0 saturated carbocycles. The van der Waals surface area contributed by atoms with Crippen LogP contribution in [-0.4, -0.2) is 69.2 Å². The van der Waals surface area contributed by atoms with Crippen molar-refractivity contribution >= 4 is 48.4 Å². The monoisotopic (exact) mass is 538 g/mol. The average molecular weight is 538 g/mol. The number of aromatic nitrogens is 2. The lowest BCUT2D eigenvalue weighted by Crippen LogP contribution is -2.34. The van der Waals surface area contributed by atoms with Gasteiger partial charge in [0.05, 0.1) is 11.4 Å². The number of hydrogen-bond acceptors (Lipinski definition) is 8. The van der Waals surface area contributed by atoms with Crippen LogP contribution in [0.15, 0.2) is 85.2 Å². The van der Waals surface area contributed by atoms with Crippen molar-refractivity contribution in [3.8, 4) is 11.4 Å². The first-order valence-corrected chi connectivity index (χ1v) is 12.7. The molecule has 0 radical (unpaired) electrons. The Balaban J connectivity index is 1.62. The molecule has 4 N–H and O–H groups in total. The third-order valence-corrected chi connectivity index (χ3v) is 6.36. The molecular formula is C28H28B2N4O6. The predicted molar refractivity (Wildman–Crippen MR) is 155 cm³/mol. The first-order valence-electron chi connectivity index (χ1n) is 12.7. The molecule has 202 valence electrons. The standard InChI is InChI=1S/C28H28B2N4O6/c1-3-33(23-9-5-7-21(17-23)29(37)38)27(35)19-11-13-31-25(15-19)26-16-20(12-14-32-26)28(36)34(4-2)24-10-6-8-22(18-24)30(39)40/h5-18,37-40H,3-4H2,1-2H3. The highest BCUT2D eigenvalue weighted by atomic mass is 16.4. The summed E-state index contributed by atoms with van der Waals surface area (Å²) in [6.07, 6.45) is 2.98. The number of anilines is 2. The highest BCUT2D eigenvalue weighted by Crippen LogP contribution is 2.22. The van der Waals surface area contributed by atoms with E-state index in [9.17, 15) is 29.7 Å². The van der Waals surface area contributed by atoms with Gasteiger partial charge in [-0.3, -0.25) is 19.6 Å². The molecule has 0 spiro atoms. The Bertz CT molecular complexity index is 1400. The van der Waals surface area contributed by atoms with Crippen molar-refractivity contribution in [3.63, 3.8) is 0 Å². The van der Waals surface area contributed by atoms with E-state index >= 15 is 0 Å². The van der Waals surface area contributed by atoms with Crippen LogP contribution in [0.25, 0.3) is 11.4 Å². The number of pyridine rings is 2. The van der Waals surface area contributed by atoms with Crippen molar-refractivity contribution in [2.24, 2.45) is 0 Å². The van der Waals surface area contributed by atoms with E-state index in [-0.39, 0.29) is 22.7 Å². The first-order chi connectivity index (χ1) is 19.2. The molecule has 0 unspecified atom stereocenters. The lowest BCUT2D eigenvalue weighted by Gasteiger charge is -2.22. The fourth-order valence-corrected chi connectivity index (χ4v) is 4.31. The number of carbonyl (C=O) groups excluding carboxylic acids is 2. The van der Waals surface area contributed by atoms with Crippen LogP contribution >= 0.6 is 0 Å². The zero-order valence-corrected chi connectivity index (χ0v) is 22.0. The molecule has 2 aromatic carbocycles. The van der Waals surface area contributed by atoms with E-state index < -0.39 is 14.2 Å². The molecule has 2 aromatic heterocycles. The van der Waals surface area contributed by atoms with Crippen LogP contribution in [0.4, 0.5) is 11.4 Å². The minimum Gasteiger partial charge on any atom is -0.423 e. The van der Waals surface area contributed by atoms with Gasteiger partial charge in [0.25, 0.3) is 11.8 Å². The number of amides is 2. The minimum atomic E-state index is -1.66. The average Bonchev–Trinajstić information content (AvgIpc) is 2.98. The van der Waals surface area contributed by atoms with Crippen molar-refractivity contribution in [1.29, 1.82) is 0 Å². The number of nitrogens with zero attached hydrogens (tertiary/aromatic N) is 4. The molecule has 0 bridgehead atoms. The lowest BCUT2D eigenvalue weighted by atomic mass is 9.80. The largest absolute Gasteiger partial charge is 0.488 e. The maximum Gasteiger partial charge on any atom is 0.488 e. The Labute approximate surface area is 232 Å². The minimum absolute atomic E-state index is 0.269. The summed E-state index contributed by atoms with van der Waals surface area (Å²) in [4.78, 5) is 38.6. The summed E-state index contributed by atoms with van der Waals surface area (Å²) in [5, 5.41) is 38.1. The second-order valence-corrected chi connectivity index (χ2v) is 8.90. The molecule has 2 heterocycles. The number of rotatable bonds is 9. The van der Waals surface area contributed by atoms with Crippen molar-refractivity contribution in [1.82, 2.24) is 9.97 Å². The van der Waals surface area contributed by atoms with Gasteiger partial charge < -0.3 is 29.9 Å². The molecule has 0 aliphatic heterocycles. The fourth-order valence-electron chi connectivity index (χ4n) is 4.31. The zero-order valence-electron chi connectivity index (χ0n) is 22.0. The maximum absolute atomic E-state index is 13.4. The van der Waals surface area contributed by atoms with Crippen LogP contribution in [0.2, 0.25) is 0 Å². The van der Waals surface area contributed by atoms with Crippen LogP contribution in [0.5, 0.6) is 0 Å². The molecule has 0 aliphatic rings. The van der Waals surface area contributed by atoms with E-state index in [0.717, 1.165) is 0 Å². The second-order valence-electron chi connectivity index (χ2n) is 8.90. The first kappa shape index (κ1) is 28.7. The Morgan fingerprint density at radius 1 is 0.650 bits per heavy atom. The molecule has 0 atom stereocenters. The fraction of sp³-hybridized carbons (Fsp3) is 0.143. The van der Waals surface area contributed by atoms with Gasteiger partial charge in [-0.1, -0.05) is 24.3 Å².